The topological polar surface area (TPSA) is 79.2 Å². The third kappa shape index (κ3) is 5.34. The molecule has 1 aromatic carbocycles. The summed E-state index contributed by atoms with van der Waals surface area (Å²) in [6, 6.07) is 7.11. The number of rotatable bonds is 3. The third-order valence-electron chi connectivity index (χ3n) is 3.67. The summed E-state index contributed by atoms with van der Waals surface area (Å²) in [5.41, 5.74) is 0.373. The van der Waals surface area contributed by atoms with Gasteiger partial charge in [-0.1, -0.05) is 23.7 Å². The summed E-state index contributed by atoms with van der Waals surface area (Å²) < 4.78 is 10.9. The zero-order chi connectivity index (χ0) is 17.9. The van der Waals surface area contributed by atoms with Gasteiger partial charge in [0.15, 0.2) is 6.29 Å². The van der Waals surface area contributed by atoms with Crippen molar-refractivity contribution in [3.8, 4) is 0 Å². The predicted molar refractivity (Wildman–Crippen MR) is 89.8 cm³/mol. The van der Waals surface area contributed by atoms with Gasteiger partial charge in [-0.05, 0) is 44.9 Å². The van der Waals surface area contributed by atoms with Gasteiger partial charge >= 0.3 is 6.09 Å². The van der Waals surface area contributed by atoms with Gasteiger partial charge < -0.3 is 19.7 Å². The molecule has 0 aromatic heterocycles. The predicted octanol–water partition coefficient (Wildman–Crippen LogP) is 2.20. The Bertz CT molecular complexity index is 555. The average Bonchev–Trinajstić information content (AvgIpc) is 2.48. The van der Waals surface area contributed by atoms with E-state index in [-0.39, 0.29) is 19.2 Å². The van der Waals surface area contributed by atoms with Gasteiger partial charge in [0, 0.05) is 5.02 Å². The van der Waals surface area contributed by atoms with E-state index in [4.69, 9.17) is 21.1 Å². The molecule has 6 nitrogen and oxygen atoms in total. The van der Waals surface area contributed by atoms with Crippen molar-refractivity contribution in [3.63, 3.8) is 0 Å². The van der Waals surface area contributed by atoms with Gasteiger partial charge in [-0.15, -0.1) is 0 Å². The Morgan fingerprint density at radius 3 is 2.54 bits per heavy atom. The van der Waals surface area contributed by atoms with Crippen molar-refractivity contribution in [2.45, 2.75) is 51.2 Å². The molecule has 1 heterocycles. The number of aliphatic hydroxyl groups excluding tert-OH is 1. The SMILES string of the molecule is CC(C)(C)OC(=O)N1CC(C(O)O)OCC1Cc1ccc(Cl)cc1. The molecule has 7 heteroatoms. The summed E-state index contributed by atoms with van der Waals surface area (Å²) in [4.78, 5) is 14.0. The first-order valence-electron chi connectivity index (χ1n) is 7.87. The molecule has 0 spiro atoms. The molecule has 1 saturated heterocycles. The average molecular weight is 358 g/mol. The van der Waals surface area contributed by atoms with Crippen LogP contribution >= 0.6 is 11.6 Å². The van der Waals surface area contributed by atoms with Crippen molar-refractivity contribution < 1.29 is 24.5 Å². The Morgan fingerprint density at radius 2 is 2.00 bits per heavy atom. The van der Waals surface area contributed by atoms with Crippen LogP contribution in [-0.2, 0) is 15.9 Å². The fourth-order valence-electron chi connectivity index (χ4n) is 2.51. The highest BCUT2D eigenvalue weighted by Gasteiger charge is 2.37. The summed E-state index contributed by atoms with van der Waals surface area (Å²) in [5.74, 6) is 0. The molecule has 1 amide bonds. The second kappa shape index (κ2) is 7.70. The van der Waals surface area contributed by atoms with Crippen molar-refractivity contribution in [3.05, 3.63) is 34.9 Å². The Balaban J connectivity index is 2.13. The first kappa shape index (κ1) is 19.0. The zero-order valence-electron chi connectivity index (χ0n) is 14.1. The summed E-state index contributed by atoms with van der Waals surface area (Å²) in [5, 5.41) is 19.4. The fourth-order valence-corrected chi connectivity index (χ4v) is 2.63. The number of ether oxygens (including phenoxy) is 2. The van der Waals surface area contributed by atoms with Crippen molar-refractivity contribution in [1.29, 1.82) is 0 Å². The quantitative estimate of drug-likeness (QED) is 0.811. The smallest absolute Gasteiger partial charge is 0.410 e. The molecule has 0 saturated carbocycles. The number of nitrogens with zero attached hydrogens (tertiary/aromatic N) is 1. The molecule has 2 unspecified atom stereocenters. The van der Waals surface area contributed by atoms with Crippen LogP contribution in [0.25, 0.3) is 0 Å². The largest absolute Gasteiger partial charge is 0.444 e. The lowest BCUT2D eigenvalue weighted by Gasteiger charge is -2.40. The van der Waals surface area contributed by atoms with Gasteiger partial charge in [-0.3, -0.25) is 4.90 Å². The summed E-state index contributed by atoms with van der Waals surface area (Å²) in [7, 11) is 0. The molecule has 0 bridgehead atoms. The highest BCUT2D eigenvalue weighted by atomic mass is 35.5. The minimum atomic E-state index is -1.65. The number of halogens is 1. The molecular formula is C17H24ClNO5. The van der Waals surface area contributed by atoms with Crippen molar-refractivity contribution in [2.75, 3.05) is 13.2 Å². The van der Waals surface area contributed by atoms with E-state index in [1.54, 1.807) is 32.9 Å². The molecule has 2 atom stereocenters. The molecule has 0 aliphatic carbocycles. The van der Waals surface area contributed by atoms with Crippen LogP contribution < -0.4 is 0 Å². The van der Waals surface area contributed by atoms with Crippen LogP contribution in [0, 0.1) is 0 Å². The Hall–Kier alpha value is -1.34. The molecule has 1 aliphatic heterocycles. The van der Waals surface area contributed by atoms with Crippen molar-refractivity contribution in [2.24, 2.45) is 0 Å². The molecule has 1 aliphatic rings. The van der Waals surface area contributed by atoms with Gasteiger partial charge in [0.05, 0.1) is 19.2 Å². The van der Waals surface area contributed by atoms with Crippen LogP contribution in [0.3, 0.4) is 0 Å². The first-order valence-corrected chi connectivity index (χ1v) is 8.25. The van der Waals surface area contributed by atoms with Gasteiger partial charge in [-0.2, -0.15) is 0 Å². The number of carbonyl (C=O) groups is 1. The highest BCUT2D eigenvalue weighted by Crippen LogP contribution is 2.21. The molecule has 1 fully saturated rings. The van der Waals surface area contributed by atoms with E-state index in [0.29, 0.717) is 11.4 Å². The minimum Gasteiger partial charge on any atom is -0.444 e. The Kier molecular flexibility index (Phi) is 6.09. The maximum Gasteiger partial charge on any atom is 0.410 e. The van der Waals surface area contributed by atoms with Gasteiger partial charge in [0.25, 0.3) is 0 Å². The van der Waals surface area contributed by atoms with E-state index in [2.05, 4.69) is 0 Å². The first-order chi connectivity index (χ1) is 11.2. The Labute approximate surface area is 146 Å². The minimum absolute atomic E-state index is 0.0604. The summed E-state index contributed by atoms with van der Waals surface area (Å²) >= 11 is 5.90. The van der Waals surface area contributed by atoms with Crippen LogP contribution in [0.4, 0.5) is 4.79 Å². The standard InChI is InChI=1S/C17H24ClNO5/c1-17(2,3)24-16(22)19-9-14(15(20)21)23-10-13(19)8-11-4-6-12(18)7-5-11/h4-7,13-15,20-21H,8-10H2,1-3H3. The monoisotopic (exact) mass is 357 g/mol. The molecule has 2 N–H and O–H groups in total. The lowest BCUT2D eigenvalue weighted by Crippen LogP contribution is -2.56. The number of benzene rings is 1. The second-order valence-corrected chi connectivity index (χ2v) is 7.34. The number of hydrogen-bond donors (Lipinski definition) is 2. The third-order valence-corrected chi connectivity index (χ3v) is 3.92. The maximum absolute atomic E-state index is 12.5. The number of hydrogen-bond acceptors (Lipinski definition) is 5. The van der Waals surface area contributed by atoms with Gasteiger partial charge in [0.1, 0.15) is 11.7 Å². The van der Waals surface area contributed by atoms with E-state index in [1.807, 2.05) is 12.1 Å². The lowest BCUT2D eigenvalue weighted by atomic mass is 10.0. The molecule has 134 valence electrons. The van der Waals surface area contributed by atoms with Crippen molar-refractivity contribution >= 4 is 17.7 Å². The zero-order valence-corrected chi connectivity index (χ0v) is 14.9. The van der Waals surface area contributed by atoms with Crippen LogP contribution in [0.2, 0.25) is 5.02 Å². The summed E-state index contributed by atoms with van der Waals surface area (Å²) in [6.45, 7) is 5.63. The molecule has 1 aromatic rings. The molecule has 24 heavy (non-hydrogen) atoms. The number of morpholine rings is 1. The van der Waals surface area contributed by atoms with E-state index < -0.39 is 24.1 Å². The molecule has 2 rings (SSSR count). The van der Waals surface area contributed by atoms with E-state index >= 15 is 0 Å². The lowest BCUT2D eigenvalue weighted by molar-refractivity contribution is -0.178. The van der Waals surface area contributed by atoms with Crippen LogP contribution in [0.15, 0.2) is 24.3 Å². The van der Waals surface area contributed by atoms with E-state index in [0.717, 1.165) is 5.56 Å². The van der Waals surface area contributed by atoms with Crippen LogP contribution in [-0.4, -0.2) is 58.4 Å². The molecule has 0 radical (unpaired) electrons. The van der Waals surface area contributed by atoms with E-state index in [9.17, 15) is 15.0 Å². The highest BCUT2D eigenvalue weighted by molar-refractivity contribution is 6.30. The maximum atomic E-state index is 12.5. The van der Waals surface area contributed by atoms with Gasteiger partial charge in [0.2, 0.25) is 0 Å². The van der Waals surface area contributed by atoms with Crippen molar-refractivity contribution in [1.82, 2.24) is 4.90 Å². The number of carbonyl (C=O) groups excluding carboxylic acids is 1. The van der Waals surface area contributed by atoms with Gasteiger partial charge in [-0.25, -0.2) is 4.79 Å². The molecular weight excluding hydrogens is 334 g/mol. The second-order valence-electron chi connectivity index (χ2n) is 6.90. The van der Waals surface area contributed by atoms with E-state index in [1.165, 1.54) is 4.90 Å². The normalized spacial score (nSPS) is 21.9. The summed E-state index contributed by atoms with van der Waals surface area (Å²) in [6.07, 6.45) is -2.43. The van der Waals surface area contributed by atoms with Crippen LogP contribution in [0.1, 0.15) is 26.3 Å². The fraction of sp³-hybridized carbons (Fsp3) is 0.588. The van der Waals surface area contributed by atoms with Crippen LogP contribution in [0.5, 0.6) is 0 Å². The Morgan fingerprint density at radius 1 is 1.38 bits per heavy atom. The number of aliphatic hydroxyl groups is 2. The number of amides is 1.